The first-order valence-corrected chi connectivity index (χ1v) is 5.86. The van der Waals surface area contributed by atoms with E-state index in [1.54, 1.807) is 0 Å². The van der Waals surface area contributed by atoms with Gasteiger partial charge in [-0.25, -0.2) is 0 Å². The Kier molecular flexibility index (Phi) is 3.30. The molecule has 0 unspecified atom stereocenters. The first kappa shape index (κ1) is 11.2. The third-order valence-corrected chi connectivity index (χ3v) is 2.73. The lowest BCUT2D eigenvalue weighted by Crippen LogP contribution is -2.07. The number of hydrogen-bond acceptors (Lipinski definition) is 2. The molecule has 1 aromatic heterocycles. The molecule has 0 saturated carbocycles. The highest BCUT2D eigenvalue weighted by molar-refractivity contribution is 5.82. The van der Waals surface area contributed by atoms with E-state index in [1.807, 2.05) is 19.2 Å². The van der Waals surface area contributed by atoms with Crippen LogP contribution in [-0.2, 0) is 13.0 Å². The van der Waals surface area contributed by atoms with Crippen LogP contribution in [0.15, 0.2) is 28.7 Å². The summed E-state index contributed by atoms with van der Waals surface area (Å²) in [4.78, 5) is 0. The second-order valence-electron chi connectivity index (χ2n) is 4.63. The Hall–Kier alpha value is -1.28. The molecule has 1 heterocycles. The topological polar surface area (TPSA) is 25.2 Å². The summed E-state index contributed by atoms with van der Waals surface area (Å²) in [5.41, 5.74) is 2.36. The van der Waals surface area contributed by atoms with Crippen molar-refractivity contribution in [3.05, 3.63) is 35.6 Å². The molecule has 2 heteroatoms. The molecule has 0 saturated heterocycles. The number of rotatable bonds is 4. The van der Waals surface area contributed by atoms with Crippen molar-refractivity contribution in [2.45, 2.75) is 26.8 Å². The number of benzene rings is 1. The average Bonchev–Trinajstić information content (AvgIpc) is 2.57. The van der Waals surface area contributed by atoms with E-state index in [4.69, 9.17) is 4.42 Å². The maximum Gasteiger partial charge on any atom is 0.134 e. The summed E-state index contributed by atoms with van der Waals surface area (Å²) < 4.78 is 5.88. The first-order valence-electron chi connectivity index (χ1n) is 5.86. The lowest BCUT2D eigenvalue weighted by Gasteiger charge is -2.05. The van der Waals surface area contributed by atoms with Crippen LogP contribution in [0.1, 0.15) is 25.2 Å². The molecule has 16 heavy (non-hydrogen) atoms. The van der Waals surface area contributed by atoms with Gasteiger partial charge in [0.1, 0.15) is 11.3 Å². The number of furan rings is 1. The molecule has 86 valence electrons. The van der Waals surface area contributed by atoms with Gasteiger partial charge in [0, 0.05) is 10.9 Å². The molecule has 0 spiro atoms. The van der Waals surface area contributed by atoms with E-state index in [2.05, 4.69) is 31.3 Å². The summed E-state index contributed by atoms with van der Waals surface area (Å²) >= 11 is 0. The van der Waals surface area contributed by atoms with Crippen molar-refractivity contribution in [2.75, 3.05) is 7.05 Å². The Morgan fingerprint density at radius 3 is 2.69 bits per heavy atom. The van der Waals surface area contributed by atoms with E-state index in [0.717, 1.165) is 24.3 Å². The minimum absolute atomic E-state index is 0.650. The fourth-order valence-corrected chi connectivity index (χ4v) is 2.08. The average molecular weight is 217 g/mol. The van der Waals surface area contributed by atoms with Gasteiger partial charge in [-0.3, -0.25) is 0 Å². The highest BCUT2D eigenvalue weighted by atomic mass is 16.3. The van der Waals surface area contributed by atoms with Gasteiger partial charge in [0.25, 0.3) is 0 Å². The molecule has 0 aliphatic rings. The third kappa shape index (κ3) is 2.12. The number of fused-ring (bicyclic) bond motifs is 1. The van der Waals surface area contributed by atoms with Crippen molar-refractivity contribution in [3.8, 4) is 0 Å². The highest BCUT2D eigenvalue weighted by Gasteiger charge is 2.13. The summed E-state index contributed by atoms with van der Waals surface area (Å²) in [6.45, 7) is 5.28. The monoisotopic (exact) mass is 217 g/mol. The molecule has 1 aromatic carbocycles. The Bertz CT molecular complexity index is 471. The second kappa shape index (κ2) is 4.71. The van der Waals surface area contributed by atoms with Crippen LogP contribution in [0.25, 0.3) is 11.0 Å². The molecule has 0 aliphatic heterocycles. The molecule has 0 bridgehead atoms. The summed E-state index contributed by atoms with van der Waals surface area (Å²) in [6, 6.07) is 8.28. The Morgan fingerprint density at radius 1 is 1.25 bits per heavy atom. The van der Waals surface area contributed by atoms with Crippen LogP contribution in [0.2, 0.25) is 0 Å². The molecule has 0 amide bonds. The lowest BCUT2D eigenvalue weighted by molar-refractivity contribution is 0.516. The van der Waals surface area contributed by atoms with Crippen LogP contribution < -0.4 is 5.32 Å². The molecule has 2 aromatic rings. The Balaban J connectivity index is 2.50. The summed E-state index contributed by atoms with van der Waals surface area (Å²) in [7, 11) is 1.95. The lowest BCUT2D eigenvalue weighted by atomic mass is 10.00. The maximum atomic E-state index is 5.88. The van der Waals surface area contributed by atoms with Crippen LogP contribution in [0.4, 0.5) is 0 Å². The molecule has 0 aliphatic carbocycles. The normalized spacial score (nSPS) is 11.5. The van der Waals surface area contributed by atoms with E-state index in [9.17, 15) is 0 Å². The van der Waals surface area contributed by atoms with Gasteiger partial charge >= 0.3 is 0 Å². The zero-order valence-electron chi connectivity index (χ0n) is 10.2. The molecule has 2 rings (SSSR count). The van der Waals surface area contributed by atoms with Crippen molar-refractivity contribution in [1.82, 2.24) is 5.32 Å². The van der Waals surface area contributed by atoms with Gasteiger partial charge in [-0.15, -0.1) is 0 Å². The van der Waals surface area contributed by atoms with Gasteiger partial charge in [0.2, 0.25) is 0 Å². The van der Waals surface area contributed by atoms with Crippen molar-refractivity contribution in [2.24, 2.45) is 5.92 Å². The van der Waals surface area contributed by atoms with E-state index < -0.39 is 0 Å². The molecular formula is C14H19NO. The second-order valence-corrected chi connectivity index (χ2v) is 4.63. The molecule has 0 radical (unpaired) electrons. The number of nitrogens with one attached hydrogen (secondary N) is 1. The number of hydrogen-bond donors (Lipinski definition) is 1. The zero-order valence-corrected chi connectivity index (χ0v) is 10.2. The highest BCUT2D eigenvalue weighted by Crippen LogP contribution is 2.27. The van der Waals surface area contributed by atoms with Crippen molar-refractivity contribution in [3.63, 3.8) is 0 Å². The van der Waals surface area contributed by atoms with Crippen LogP contribution in [0.5, 0.6) is 0 Å². The third-order valence-electron chi connectivity index (χ3n) is 2.73. The predicted molar refractivity (Wildman–Crippen MR) is 67.5 cm³/mol. The largest absolute Gasteiger partial charge is 0.459 e. The van der Waals surface area contributed by atoms with Gasteiger partial charge in [-0.1, -0.05) is 32.0 Å². The predicted octanol–water partition coefficient (Wildman–Crippen LogP) is 3.35. The minimum atomic E-state index is 0.650. The van der Waals surface area contributed by atoms with Gasteiger partial charge in [-0.05, 0) is 25.5 Å². The minimum Gasteiger partial charge on any atom is -0.459 e. The summed E-state index contributed by atoms with van der Waals surface area (Å²) in [5, 5.41) is 4.43. The van der Waals surface area contributed by atoms with Gasteiger partial charge in [0.05, 0.1) is 6.54 Å². The quantitative estimate of drug-likeness (QED) is 0.849. The van der Waals surface area contributed by atoms with Gasteiger partial charge in [-0.2, -0.15) is 0 Å². The van der Waals surface area contributed by atoms with Gasteiger partial charge < -0.3 is 9.73 Å². The van der Waals surface area contributed by atoms with Crippen LogP contribution in [-0.4, -0.2) is 7.05 Å². The Labute approximate surface area is 96.6 Å². The van der Waals surface area contributed by atoms with Crippen LogP contribution in [0.3, 0.4) is 0 Å². The molecular weight excluding hydrogens is 198 g/mol. The SMILES string of the molecule is CNCc1oc2ccccc2c1CC(C)C. The van der Waals surface area contributed by atoms with Crippen molar-refractivity contribution in [1.29, 1.82) is 0 Å². The van der Waals surface area contributed by atoms with Crippen molar-refractivity contribution >= 4 is 11.0 Å². The Morgan fingerprint density at radius 2 is 2.00 bits per heavy atom. The number of para-hydroxylation sites is 1. The van der Waals surface area contributed by atoms with E-state index in [0.29, 0.717) is 5.92 Å². The van der Waals surface area contributed by atoms with E-state index >= 15 is 0 Å². The van der Waals surface area contributed by atoms with Crippen LogP contribution in [0, 0.1) is 5.92 Å². The van der Waals surface area contributed by atoms with Crippen molar-refractivity contribution < 1.29 is 4.42 Å². The summed E-state index contributed by atoms with van der Waals surface area (Å²) in [6.07, 6.45) is 1.08. The van der Waals surface area contributed by atoms with E-state index in [-0.39, 0.29) is 0 Å². The first-order chi connectivity index (χ1) is 7.72. The zero-order chi connectivity index (χ0) is 11.5. The fourth-order valence-electron chi connectivity index (χ4n) is 2.08. The van der Waals surface area contributed by atoms with Crippen LogP contribution >= 0.6 is 0 Å². The van der Waals surface area contributed by atoms with E-state index in [1.165, 1.54) is 10.9 Å². The molecule has 0 fully saturated rings. The molecule has 0 atom stereocenters. The maximum absolute atomic E-state index is 5.88. The van der Waals surface area contributed by atoms with Gasteiger partial charge in [0.15, 0.2) is 0 Å². The standard InChI is InChI=1S/C14H19NO/c1-10(2)8-12-11-6-4-5-7-13(11)16-14(12)9-15-3/h4-7,10,15H,8-9H2,1-3H3. The molecule has 1 N–H and O–H groups in total. The smallest absolute Gasteiger partial charge is 0.134 e. The fraction of sp³-hybridized carbons (Fsp3) is 0.429. The summed E-state index contributed by atoms with van der Waals surface area (Å²) in [5.74, 6) is 1.73. The molecule has 2 nitrogen and oxygen atoms in total.